The molecule has 1 aliphatic rings. The van der Waals surface area contributed by atoms with E-state index in [9.17, 15) is 14.9 Å². The maximum atomic E-state index is 12.4. The van der Waals surface area contributed by atoms with Crippen LogP contribution in [-0.4, -0.2) is 54.3 Å². The Morgan fingerprint density at radius 3 is 2.57 bits per heavy atom. The average molecular weight is 430 g/mol. The number of rotatable bonds is 6. The molecule has 30 heavy (non-hydrogen) atoms. The van der Waals surface area contributed by atoms with Gasteiger partial charge in [-0.3, -0.25) is 25.1 Å². The third kappa shape index (κ3) is 5.72. The number of benzene rings is 2. The molecule has 0 spiro atoms. The van der Waals surface area contributed by atoms with E-state index in [1.807, 2.05) is 24.3 Å². The van der Waals surface area contributed by atoms with Gasteiger partial charge in [-0.15, -0.1) is 0 Å². The summed E-state index contributed by atoms with van der Waals surface area (Å²) in [6, 6.07) is 11.7. The summed E-state index contributed by atoms with van der Waals surface area (Å²) < 4.78 is 10.3. The highest BCUT2D eigenvalue weighted by molar-refractivity contribution is 7.80. The SMILES string of the molecule is COc1ccc(C(=O)NC(=S)Nc2ccc(CN3CCOCC3)cc2)cc1[N+](=O)[O-]. The zero-order valence-electron chi connectivity index (χ0n) is 16.4. The molecule has 0 unspecified atom stereocenters. The number of thiocarbonyl (C=S) groups is 1. The maximum Gasteiger partial charge on any atom is 0.311 e. The Kier molecular flexibility index (Phi) is 7.28. The van der Waals surface area contributed by atoms with Crippen molar-refractivity contribution >= 4 is 34.6 Å². The number of ether oxygens (including phenoxy) is 2. The fourth-order valence-corrected chi connectivity index (χ4v) is 3.23. The number of carbonyl (C=O) groups excluding carboxylic acids is 1. The second-order valence-corrected chi connectivity index (χ2v) is 7.05. The standard InChI is InChI=1S/C20H22N4O5S/c1-28-18-7-4-15(12-17(18)24(26)27)19(25)22-20(30)21-16-5-2-14(3-6-16)13-23-8-10-29-11-9-23/h2-7,12H,8-11,13H2,1H3,(H2,21,22,25,30). The van der Waals surface area contributed by atoms with Crippen LogP contribution in [0.5, 0.6) is 5.75 Å². The zero-order chi connectivity index (χ0) is 21.5. The van der Waals surface area contributed by atoms with Crippen LogP contribution in [0.2, 0.25) is 0 Å². The molecule has 1 amide bonds. The van der Waals surface area contributed by atoms with Crippen LogP contribution in [0.25, 0.3) is 0 Å². The first kappa shape index (κ1) is 21.6. The smallest absolute Gasteiger partial charge is 0.311 e. The van der Waals surface area contributed by atoms with E-state index in [-0.39, 0.29) is 22.1 Å². The lowest BCUT2D eigenvalue weighted by atomic mass is 10.1. The molecule has 2 N–H and O–H groups in total. The summed E-state index contributed by atoms with van der Waals surface area (Å²) in [4.78, 5) is 25.2. The van der Waals surface area contributed by atoms with Gasteiger partial charge in [0.2, 0.25) is 0 Å². The molecule has 3 rings (SSSR count). The van der Waals surface area contributed by atoms with Crippen molar-refractivity contribution in [1.82, 2.24) is 10.2 Å². The summed E-state index contributed by atoms with van der Waals surface area (Å²) in [5.41, 5.74) is 1.71. The van der Waals surface area contributed by atoms with Gasteiger partial charge >= 0.3 is 5.69 Å². The number of nitro groups is 1. The Balaban J connectivity index is 1.56. The van der Waals surface area contributed by atoms with Crippen molar-refractivity contribution < 1.29 is 19.2 Å². The Hall–Kier alpha value is -3.08. The third-order valence-electron chi connectivity index (χ3n) is 4.59. The lowest BCUT2D eigenvalue weighted by Crippen LogP contribution is -2.35. The molecule has 0 bridgehead atoms. The molecular formula is C20H22N4O5S. The molecule has 2 aromatic carbocycles. The summed E-state index contributed by atoms with van der Waals surface area (Å²) >= 11 is 5.19. The van der Waals surface area contributed by atoms with Gasteiger partial charge in [-0.1, -0.05) is 12.1 Å². The number of nitro benzene ring substituents is 1. The van der Waals surface area contributed by atoms with Gasteiger partial charge in [0.25, 0.3) is 5.91 Å². The molecule has 2 aromatic rings. The van der Waals surface area contributed by atoms with Gasteiger partial charge in [0.05, 0.1) is 25.2 Å². The number of carbonyl (C=O) groups is 1. The lowest BCUT2D eigenvalue weighted by molar-refractivity contribution is -0.385. The highest BCUT2D eigenvalue weighted by atomic mass is 32.1. The number of anilines is 1. The van der Waals surface area contributed by atoms with Crippen LogP contribution in [0, 0.1) is 10.1 Å². The first-order chi connectivity index (χ1) is 14.5. The first-order valence-corrected chi connectivity index (χ1v) is 9.71. The first-order valence-electron chi connectivity index (χ1n) is 9.30. The summed E-state index contributed by atoms with van der Waals surface area (Å²) in [7, 11) is 1.33. The van der Waals surface area contributed by atoms with Crippen LogP contribution in [0.3, 0.4) is 0 Å². The van der Waals surface area contributed by atoms with Crippen LogP contribution in [-0.2, 0) is 11.3 Å². The number of amides is 1. The van der Waals surface area contributed by atoms with Gasteiger partial charge in [-0.2, -0.15) is 0 Å². The number of morpholine rings is 1. The van der Waals surface area contributed by atoms with E-state index < -0.39 is 10.8 Å². The van der Waals surface area contributed by atoms with E-state index >= 15 is 0 Å². The van der Waals surface area contributed by atoms with E-state index in [4.69, 9.17) is 21.7 Å². The van der Waals surface area contributed by atoms with Crippen molar-refractivity contribution in [2.75, 3.05) is 38.7 Å². The van der Waals surface area contributed by atoms with Crippen LogP contribution < -0.4 is 15.4 Å². The molecule has 0 aromatic heterocycles. The number of methoxy groups -OCH3 is 1. The van der Waals surface area contributed by atoms with Crippen molar-refractivity contribution in [2.24, 2.45) is 0 Å². The average Bonchev–Trinajstić information content (AvgIpc) is 2.75. The zero-order valence-corrected chi connectivity index (χ0v) is 17.2. The molecule has 1 fully saturated rings. The Labute approximate surface area is 179 Å². The molecule has 9 nitrogen and oxygen atoms in total. The van der Waals surface area contributed by atoms with Gasteiger partial charge < -0.3 is 14.8 Å². The highest BCUT2D eigenvalue weighted by Gasteiger charge is 2.18. The van der Waals surface area contributed by atoms with E-state index in [0.29, 0.717) is 0 Å². The lowest BCUT2D eigenvalue weighted by Gasteiger charge is -2.26. The van der Waals surface area contributed by atoms with Crippen molar-refractivity contribution in [3.63, 3.8) is 0 Å². The topological polar surface area (TPSA) is 106 Å². The van der Waals surface area contributed by atoms with Crippen LogP contribution in [0.15, 0.2) is 42.5 Å². The summed E-state index contributed by atoms with van der Waals surface area (Å²) in [5.74, 6) is -0.475. The third-order valence-corrected chi connectivity index (χ3v) is 4.79. The Bertz CT molecular complexity index is 929. The Morgan fingerprint density at radius 1 is 1.23 bits per heavy atom. The van der Waals surface area contributed by atoms with Crippen LogP contribution in [0.1, 0.15) is 15.9 Å². The minimum atomic E-state index is -0.606. The minimum absolute atomic E-state index is 0.0782. The quantitative estimate of drug-likeness (QED) is 0.409. The molecule has 0 aliphatic carbocycles. The van der Waals surface area contributed by atoms with Gasteiger partial charge in [0.15, 0.2) is 10.9 Å². The maximum absolute atomic E-state index is 12.4. The fraction of sp³-hybridized carbons (Fsp3) is 0.300. The molecule has 1 heterocycles. The normalized spacial score (nSPS) is 14.0. The number of hydrogen-bond acceptors (Lipinski definition) is 7. The minimum Gasteiger partial charge on any atom is -0.490 e. The molecule has 10 heteroatoms. The van der Waals surface area contributed by atoms with E-state index in [0.717, 1.165) is 44.6 Å². The molecule has 0 radical (unpaired) electrons. The molecular weight excluding hydrogens is 408 g/mol. The largest absolute Gasteiger partial charge is 0.490 e. The van der Waals surface area contributed by atoms with Gasteiger partial charge in [-0.05, 0) is 42.0 Å². The molecule has 0 atom stereocenters. The van der Waals surface area contributed by atoms with Crippen LogP contribution >= 0.6 is 12.2 Å². The second-order valence-electron chi connectivity index (χ2n) is 6.64. The predicted octanol–water partition coefficient (Wildman–Crippen LogP) is 2.56. The monoisotopic (exact) mass is 430 g/mol. The van der Waals surface area contributed by atoms with E-state index in [1.165, 1.54) is 24.8 Å². The Morgan fingerprint density at radius 2 is 1.93 bits per heavy atom. The molecule has 158 valence electrons. The van der Waals surface area contributed by atoms with Gasteiger partial charge in [0.1, 0.15) is 0 Å². The summed E-state index contributed by atoms with van der Waals surface area (Å²) in [6.45, 7) is 4.19. The van der Waals surface area contributed by atoms with Crippen molar-refractivity contribution in [3.8, 4) is 5.75 Å². The van der Waals surface area contributed by atoms with E-state index in [1.54, 1.807) is 0 Å². The van der Waals surface area contributed by atoms with Crippen molar-refractivity contribution in [2.45, 2.75) is 6.54 Å². The highest BCUT2D eigenvalue weighted by Crippen LogP contribution is 2.27. The van der Waals surface area contributed by atoms with Crippen molar-refractivity contribution in [1.29, 1.82) is 0 Å². The number of hydrogen-bond donors (Lipinski definition) is 2. The summed E-state index contributed by atoms with van der Waals surface area (Å²) in [5, 5.41) is 16.7. The van der Waals surface area contributed by atoms with Crippen molar-refractivity contribution in [3.05, 3.63) is 63.7 Å². The summed E-state index contributed by atoms with van der Waals surface area (Å²) in [6.07, 6.45) is 0. The number of nitrogens with zero attached hydrogens (tertiary/aromatic N) is 2. The van der Waals surface area contributed by atoms with Crippen LogP contribution in [0.4, 0.5) is 11.4 Å². The molecule has 1 aliphatic heterocycles. The second kappa shape index (κ2) is 10.1. The van der Waals surface area contributed by atoms with Gasteiger partial charge in [0, 0.05) is 37.0 Å². The van der Waals surface area contributed by atoms with Gasteiger partial charge in [-0.25, -0.2) is 0 Å². The molecule has 1 saturated heterocycles. The molecule has 0 saturated carbocycles. The fourth-order valence-electron chi connectivity index (χ4n) is 3.02. The predicted molar refractivity (Wildman–Crippen MR) is 116 cm³/mol. The number of nitrogens with one attached hydrogen (secondary N) is 2. The van der Waals surface area contributed by atoms with E-state index in [2.05, 4.69) is 15.5 Å².